The number of nitriles is 1. The van der Waals surface area contributed by atoms with E-state index in [1.807, 2.05) is 0 Å². The fourth-order valence-corrected chi connectivity index (χ4v) is 4.48. The lowest BCUT2D eigenvalue weighted by Gasteiger charge is -2.10. The normalized spacial score (nSPS) is 11.2. The van der Waals surface area contributed by atoms with Crippen molar-refractivity contribution in [2.24, 2.45) is 0 Å². The highest BCUT2D eigenvalue weighted by molar-refractivity contribution is 7.98. The molecule has 0 aliphatic heterocycles. The first-order valence-corrected chi connectivity index (χ1v) is 12.5. The first-order valence-electron chi connectivity index (χ1n) is 10.8. The van der Waals surface area contributed by atoms with Crippen LogP contribution in [0.1, 0.15) is 27.0 Å². The molecule has 0 atom stereocenters. The molecule has 4 rings (SSSR count). The molecule has 4 aromatic rings. The number of halogens is 5. The summed E-state index contributed by atoms with van der Waals surface area (Å²) in [5, 5.41) is 12.9. The minimum atomic E-state index is -4.52. The van der Waals surface area contributed by atoms with Gasteiger partial charge in [-0.25, -0.2) is 4.98 Å². The summed E-state index contributed by atoms with van der Waals surface area (Å²) in [6.07, 6.45) is -4.52. The van der Waals surface area contributed by atoms with E-state index >= 15 is 0 Å². The van der Waals surface area contributed by atoms with Gasteiger partial charge in [0.05, 0.1) is 21.3 Å². The zero-order valence-corrected chi connectivity index (χ0v) is 21.4. The number of benzene rings is 3. The van der Waals surface area contributed by atoms with Gasteiger partial charge in [0, 0.05) is 22.6 Å². The SMILES string of the molecule is N#Cc1c(-c2ccc(C(F)(F)F)cc2)nc(SCc2cccc(NC(=O)c3ccc(Cl)c(Cl)c3)c2)[nH]c1=O. The number of carbonyl (C=O) groups excluding carboxylic acids is 1. The number of aromatic amines is 1. The van der Waals surface area contributed by atoms with Gasteiger partial charge in [-0.2, -0.15) is 18.4 Å². The Balaban J connectivity index is 1.52. The van der Waals surface area contributed by atoms with Crippen molar-refractivity contribution in [2.75, 3.05) is 5.32 Å². The fourth-order valence-electron chi connectivity index (χ4n) is 3.38. The molecule has 38 heavy (non-hydrogen) atoms. The lowest BCUT2D eigenvalue weighted by molar-refractivity contribution is -0.137. The van der Waals surface area contributed by atoms with E-state index in [9.17, 15) is 28.0 Å². The molecule has 0 aliphatic carbocycles. The average molecular weight is 575 g/mol. The standard InChI is InChI=1S/C26H15Cl2F3N4O2S/c27-20-9-6-16(11-21(20)28)23(36)33-18-3-1-2-14(10-18)13-38-25-34-22(19(12-32)24(37)35-25)15-4-7-17(8-5-15)26(29,30)31/h1-11H,13H2,(H,33,36)(H,34,35,37). The largest absolute Gasteiger partial charge is 0.416 e. The van der Waals surface area contributed by atoms with Gasteiger partial charge in [0.1, 0.15) is 11.6 Å². The number of nitrogens with zero attached hydrogens (tertiary/aromatic N) is 2. The summed E-state index contributed by atoms with van der Waals surface area (Å²) in [4.78, 5) is 31.9. The molecule has 0 radical (unpaired) electrons. The Kier molecular flexibility index (Phi) is 8.11. The number of anilines is 1. The van der Waals surface area contributed by atoms with Crippen LogP contribution < -0.4 is 10.9 Å². The average Bonchev–Trinajstić information content (AvgIpc) is 2.88. The van der Waals surface area contributed by atoms with Crippen LogP contribution in [0.3, 0.4) is 0 Å². The van der Waals surface area contributed by atoms with E-state index in [4.69, 9.17) is 23.2 Å². The van der Waals surface area contributed by atoms with Gasteiger partial charge in [0.25, 0.3) is 11.5 Å². The Morgan fingerprint density at radius 2 is 1.79 bits per heavy atom. The number of thioether (sulfide) groups is 1. The smallest absolute Gasteiger partial charge is 0.322 e. The molecule has 0 spiro atoms. The van der Waals surface area contributed by atoms with Crippen molar-refractivity contribution in [3.63, 3.8) is 0 Å². The summed E-state index contributed by atoms with van der Waals surface area (Å²) in [5.74, 6) is -0.0507. The highest BCUT2D eigenvalue weighted by atomic mass is 35.5. The molecule has 0 fully saturated rings. The Morgan fingerprint density at radius 1 is 1.05 bits per heavy atom. The van der Waals surface area contributed by atoms with Gasteiger partial charge >= 0.3 is 6.18 Å². The maximum absolute atomic E-state index is 12.9. The molecule has 192 valence electrons. The summed E-state index contributed by atoms with van der Waals surface area (Å²) in [6.45, 7) is 0. The molecular weight excluding hydrogens is 560 g/mol. The van der Waals surface area contributed by atoms with Crippen molar-refractivity contribution in [3.05, 3.63) is 109 Å². The maximum atomic E-state index is 12.9. The minimum Gasteiger partial charge on any atom is -0.322 e. The van der Waals surface area contributed by atoms with E-state index in [-0.39, 0.29) is 32.9 Å². The highest BCUT2D eigenvalue weighted by Gasteiger charge is 2.30. The topological polar surface area (TPSA) is 98.6 Å². The number of carbonyl (C=O) groups is 1. The molecule has 3 aromatic carbocycles. The molecule has 0 aliphatic rings. The van der Waals surface area contributed by atoms with E-state index in [0.29, 0.717) is 22.0 Å². The lowest BCUT2D eigenvalue weighted by atomic mass is 10.1. The predicted octanol–water partition coefficient (Wildman–Crippen LogP) is 7.18. The number of hydrogen-bond donors (Lipinski definition) is 2. The molecule has 1 aromatic heterocycles. The van der Waals surface area contributed by atoms with Gasteiger partial charge in [0.15, 0.2) is 5.16 Å². The van der Waals surface area contributed by atoms with Gasteiger partial charge in [-0.1, -0.05) is 59.2 Å². The molecule has 0 unspecified atom stereocenters. The fraction of sp³-hybridized carbons (Fsp3) is 0.0769. The third-order valence-electron chi connectivity index (χ3n) is 5.24. The predicted molar refractivity (Wildman–Crippen MR) is 140 cm³/mol. The van der Waals surface area contributed by atoms with Crippen LogP contribution in [0.25, 0.3) is 11.3 Å². The minimum absolute atomic E-state index is 0.0184. The molecule has 0 saturated heterocycles. The third-order valence-corrected chi connectivity index (χ3v) is 6.92. The number of hydrogen-bond acceptors (Lipinski definition) is 5. The van der Waals surface area contributed by atoms with E-state index in [2.05, 4.69) is 15.3 Å². The van der Waals surface area contributed by atoms with E-state index in [1.54, 1.807) is 36.4 Å². The van der Waals surface area contributed by atoms with Crippen molar-refractivity contribution in [1.82, 2.24) is 9.97 Å². The van der Waals surface area contributed by atoms with Crippen molar-refractivity contribution in [2.45, 2.75) is 17.1 Å². The summed E-state index contributed by atoms with van der Waals surface area (Å²) in [5.41, 5.74) is -0.0520. The van der Waals surface area contributed by atoms with E-state index in [1.165, 1.54) is 24.3 Å². The van der Waals surface area contributed by atoms with Crippen LogP contribution in [0.15, 0.2) is 76.7 Å². The van der Waals surface area contributed by atoms with Crippen LogP contribution in [-0.4, -0.2) is 15.9 Å². The zero-order valence-electron chi connectivity index (χ0n) is 19.1. The summed E-state index contributed by atoms with van der Waals surface area (Å²) < 4.78 is 38.7. The second kappa shape index (κ2) is 11.3. The lowest BCUT2D eigenvalue weighted by Crippen LogP contribution is -2.15. The third kappa shape index (κ3) is 6.37. The van der Waals surface area contributed by atoms with Crippen molar-refractivity contribution in [1.29, 1.82) is 5.26 Å². The summed E-state index contributed by atoms with van der Waals surface area (Å²) in [7, 11) is 0. The van der Waals surface area contributed by atoms with Crippen LogP contribution >= 0.6 is 35.0 Å². The van der Waals surface area contributed by atoms with Crippen LogP contribution in [0, 0.1) is 11.3 Å². The zero-order chi connectivity index (χ0) is 27.4. The van der Waals surface area contributed by atoms with Crippen molar-refractivity contribution >= 4 is 46.6 Å². The van der Waals surface area contributed by atoms with Gasteiger partial charge in [-0.3, -0.25) is 9.59 Å². The Labute approximate surface area is 228 Å². The Hall–Kier alpha value is -3.78. The Morgan fingerprint density at radius 3 is 2.45 bits per heavy atom. The Bertz CT molecular complexity index is 1620. The molecule has 6 nitrogen and oxygen atoms in total. The molecule has 0 bridgehead atoms. The van der Waals surface area contributed by atoms with Crippen molar-refractivity contribution in [3.8, 4) is 17.3 Å². The summed E-state index contributed by atoms with van der Waals surface area (Å²) in [6, 6.07) is 17.3. The van der Waals surface area contributed by atoms with Gasteiger partial charge in [-0.15, -0.1) is 0 Å². The van der Waals surface area contributed by atoms with Gasteiger partial charge < -0.3 is 10.3 Å². The van der Waals surface area contributed by atoms with Crippen LogP contribution in [-0.2, 0) is 11.9 Å². The molecule has 1 amide bonds. The quantitative estimate of drug-likeness (QED) is 0.188. The maximum Gasteiger partial charge on any atom is 0.416 e. The first-order chi connectivity index (χ1) is 18.0. The number of rotatable bonds is 6. The van der Waals surface area contributed by atoms with Crippen molar-refractivity contribution < 1.29 is 18.0 Å². The first kappa shape index (κ1) is 27.3. The summed E-state index contributed by atoms with van der Waals surface area (Å²) >= 11 is 13.0. The van der Waals surface area contributed by atoms with Gasteiger partial charge in [-0.05, 0) is 48.0 Å². The number of nitrogens with one attached hydrogen (secondary N) is 2. The van der Waals surface area contributed by atoms with Crippen LogP contribution in [0.5, 0.6) is 0 Å². The second-order valence-corrected chi connectivity index (χ2v) is 9.63. The molecule has 0 saturated carbocycles. The van der Waals surface area contributed by atoms with Crippen LogP contribution in [0.4, 0.5) is 18.9 Å². The molecule has 2 N–H and O–H groups in total. The molecule has 12 heteroatoms. The number of H-pyrrole nitrogens is 1. The number of aromatic nitrogens is 2. The van der Waals surface area contributed by atoms with E-state index in [0.717, 1.165) is 29.5 Å². The molecule has 1 heterocycles. The van der Waals surface area contributed by atoms with E-state index < -0.39 is 17.3 Å². The number of alkyl halides is 3. The van der Waals surface area contributed by atoms with Gasteiger partial charge in [0.2, 0.25) is 0 Å². The van der Waals surface area contributed by atoms with Crippen LogP contribution in [0.2, 0.25) is 10.0 Å². The number of amides is 1. The monoisotopic (exact) mass is 574 g/mol. The second-order valence-electron chi connectivity index (χ2n) is 7.85. The highest BCUT2D eigenvalue weighted by Crippen LogP contribution is 2.31. The molecular formula is C26H15Cl2F3N4O2S.